The first kappa shape index (κ1) is 23.9. The topological polar surface area (TPSA) is 75.6 Å². The van der Waals surface area contributed by atoms with Gasteiger partial charge in [-0.05, 0) is 74.4 Å². The van der Waals surface area contributed by atoms with Crippen LogP contribution in [-0.4, -0.2) is 36.2 Å². The maximum atomic E-state index is 12.3. The summed E-state index contributed by atoms with van der Waals surface area (Å²) in [7, 11) is 0. The highest BCUT2D eigenvalue weighted by molar-refractivity contribution is 6.29. The highest BCUT2D eigenvalue weighted by atomic mass is 35.5. The molecular weight excluding hydrogens is 402 g/mol. The van der Waals surface area contributed by atoms with Gasteiger partial charge in [-0.2, -0.15) is 0 Å². The Hall–Kier alpha value is -2.37. The van der Waals surface area contributed by atoms with Crippen LogP contribution in [0.2, 0.25) is 0 Å². The summed E-state index contributed by atoms with van der Waals surface area (Å²) in [5, 5.41) is 14.5. The molecule has 0 bridgehead atoms. The average Bonchev–Trinajstić information content (AvgIpc) is 2.72. The zero-order chi connectivity index (χ0) is 21.9. The molecule has 1 aromatic rings. The predicted octanol–water partition coefficient (Wildman–Crippen LogP) is 4.76. The lowest BCUT2D eigenvalue weighted by Gasteiger charge is -2.20. The number of aliphatic hydroxyl groups is 1. The van der Waals surface area contributed by atoms with Crippen LogP contribution in [0.25, 0.3) is 5.57 Å². The number of carbonyl (C=O) groups excluding carboxylic acids is 2. The second kappa shape index (κ2) is 12.4. The molecule has 1 amide bonds. The largest absolute Gasteiger partial charge is 0.466 e. The minimum Gasteiger partial charge on any atom is -0.466 e. The van der Waals surface area contributed by atoms with Gasteiger partial charge in [0.1, 0.15) is 6.10 Å². The van der Waals surface area contributed by atoms with E-state index in [-0.39, 0.29) is 24.8 Å². The second-order valence-electron chi connectivity index (χ2n) is 7.10. The molecule has 1 aromatic carbocycles. The number of rotatable bonds is 8. The molecule has 0 spiro atoms. The Bertz CT molecular complexity index is 824. The van der Waals surface area contributed by atoms with E-state index in [4.69, 9.17) is 16.3 Å². The molecule has 1 unspecified atom stereocenters. The van der Waals surface area contributed by atoms with Crippen molar-refractivity contribution in [1.29, 1.82) is 0 Å². The van der Waals surface area contributed by atoms with Crippen molar-refractivity contribution in [3.8, 4) is 0 Å². The van der Waals surface area contributed by atoms with Crippen molar-refractivity contribution in [2.45, 2.75) is 52.1 Å². The highest BCUT2D eigenvalue weighted by Gasteiger charge is 2.18. The summed E-state index contributed by atoms with van der Waals surface area (Å²) in [6.45, 7) is 4.19. The van der Waals surface area contributed by atoms with Gasteiger partial charge in [0.15, 0.2) is 0 Å². The van der Waals surface area contributed by atoms with E-state index in [1.165, 1.54) is 0 Å². The van der Waals surface area contributed by atoms with Crippen molar-refractivity contribution in [1.82, 2.24) is 5.32 Å². The van der Waals surface area contributed by atoms with Crippen LogP contribution in [0.5, 0.6) is 0 Å². The van der Waals surface area contributed by atoms with E-state index < -0.39 is 6.10 Å². The number of hydrogen-bond acceptors (Lipinski definition) is 4. The van der Waals surface area contributed by atoms with Gasteiger partial charge in [-0.25, -0.2) is 0 Å². The molecule has 0 saturated carbocycles. The molecule has 0 saturated heterocycles. The van der Waals surface area contributed by atoms with Crippen molar-refractivity contribution in [3.05, 3.63) is 64.2 Å². The molecule has 0 aliphatic heterocycles. The summed E-state index contributed by atoms with van der Waals surface area (Å²) in [6, 6.07) is 7.08. The zero-order valence-electron chi connectivity index (χ0n) is 17.6. The van der Waals surface area contributed by atoms with Crippen molar-refractivity contribution in [2.24, 2.45) is 0 Å². The second-order valence-corrected chi connectivity index (χ2v) is 7.58. The Morgan fingerprint density at radius 2 is 1.83 bits per heavy atom. The lowest BCUT2D eigenvalue weighted by molar-refractivity contribution is -0.142. The summed E-state index contributed by atoms with van der Waals surface area (Å²) in [6.07, 6.45) is 8.78. The molecule has 6 heteroatoms. The van der Waals surface area contributed by atoms with Crippen LogP contribution in [0, 0.1) is 0 Å². The number of esters is 1. The van der Waals surface area contributed by atoms with E-state index in [1.807, 2.05) is 37.3 Å². The normalized spacial score (nSPS) is 15.9. The third-order valence-electron chi connectivity index (χ3n) is 4.97. The van der Waals surface area contributed by atoms with E-state index in [0.29, 0.717) is 12.2 Å². The number of ether oxygens (including phenoxy) is 1. The van der Waals surface area contributed by atoms with Crippen LogP contribution in [0.1, 0.15) is 61.9 Å². The number of benzene rings is 1. The van der Waals surface area contributed by atoms with E-state index in [0.717, 1.165) is 47.4 Å². The lowest BCUT2D eigenvalue weighted by Crippen LogP contribution is -2.26. The number of allylic oxidation sites excluding steroid dienone is 4. The van der Waals surface area contributed by atoms with E-state index in [9.17, 15) is 14.7 Å². The first-order valence-electron chi connectivity index (χ1n) is 10.4. The van der Waals surface area contributed by atoms with Crippen LogP contribution >= 0.6 is 11.6 Å². The van der Waals surface area contributed by atoms with Crippen LogP contribution < -0.4 is 5.32 Å². The van der Waals surface area contributed by atoms with Crippen LogP contribution in [-0.2, 0) is 9.53 Å². The molecule has 2 N–H and O–H groups in total. The zero-order valence-corrected chi connectivity index (χ0v) is 18.4. The first-order valence-corrected chi connectivity index (χ1v) is 10.8. The van der Waals surface area contributed by atoms with Crippen LogP contribution in [0.4, 0.5) is 0 Å². The standard InChI is InChI=1S/C24H30ClNO4/c1-3-21(23(28)18-7-5-6-8-20(25)14-13-18)17-9-11-19(12-10-17)24(29)26-16-15-22(27)30-4-2/h3,9-14,23,28H,4-8,15-16H2,1-2H3,(H,26,29). The highest BCUT2D eigenvalue weighted by Crippen LogP contribution is 2.29. The molecule has 30 heavy (non-hydrogen) atoms. The quantitative estimate of drug-likeness (QED) is 0.582. The van der Waals surface area contributed by atoms with Crippen LogP contribution in [0.15, 0.2) is 53.1 Å². The van der Waals surface area contributed by atoms with Crippen molar-refractivity contribution in [2.75, 3.05) is 13.2 Å². The molecule has 1 aliphatic rings. The molecule has 0 fully saturated rings. The predicted molar refractivity (Wildman–Crippen MR) is 120 cm³/mol. The van der Waals surface area contributed by atoms with Gasteiger partial charge in [0.25, 0.3) is 5.91 Å². The first-order chi connectivity index (χ1) is 14.5. The summed E-state index contributed by atoms with van der Waals surface area (Å²) < 4.78 is 4.84. The van der Waals surface area contributed by atoms with Gasteiger partial charge < -0.3 is 15.2 Å². The summed E-state index contributed by atoms with van der Waals surface area (Å²) in [5.41, 5.74) is 3.07. The molecule has 2 rings (SSSR count). The fraction of sp³-hybridized carbons (Fsp3) is 0.417. The molecule has 5 nitrogen and oxygen atoms in total. The number of aliphatic hydroxyl groups excluding tert-OH is 1. The van der Waals surface area contributed by atoms with Gasteiger partial charge >= 0.3 is 5.97 Å². The Morgan fingerprint density at radius 3 is 2.50 bits per heavy atom. The van der Waals surface area contributed by atoms with Crippen molar-refractivity contribution >= 4 is 29.1 Å². The Kier molecular flexibility index (Phi) is 9.84. The Labute approximate surface area is 183 Å². The molecule has 1 aliphatic carbocycles. The summed E-state index contributed by atoms with van der Waals surface area (Å²) in [5.74, 6) is -0.588. The molecule has 0 heterocycles. The third kappa shape index (κ3) is 7.15. The molecule has 162 valence electrons. The molecule has 0 radical (unpaired) electrons. The summed E-state index contributed by atoms with van der Waals surface area (Å²) in [4.78, 5) is 23.6. The minimum atomic E-state index is -0.724. The van der Waals surface area contributed by atoms with Gasteiger partial charge in [0.05, 0.1) is 13.0 Å². The number of amides is 1. The maximum absolute atomic E-state index is 12.3. The number of hydrogen-bond donors (Lipinski definition) is 2. The molecule has 1 atom stereocenters. The smallest absolute Gasteiger partial charge is 0.307 e. The van der Waals surface area contributed by atoms with Crippen molar-refractivity contribution in [3.63, 3.8) is 0 Å². The van der Waals surface area contributed by atoms with Gasteiger partial charge in [0.2, 0.25) is 0 Å². The van der Waals surface area contributed by atoms with Gasteiger partial charge in [-0.3, -0.25) is 9.59 Å². The Balaban J connectivity index is 2.04. The SMILES string of the molecule is CC=C(c1ccc(C(=O)NCCC(=O)OCC)cc1)C(O)C1=CC=C(Cl)CCCC1. The van der Waals surface area contributed by atoms with Gasteiger partial charge in [-0.15, -0.1) is 0 Å². The maximum Gasteiger partial charge on any atom is 0.307 e. The lowest BCUT2D eigenvalue weighted by atomic mass is 9.90. The van der Waals surface area contributed by atoms with Crippen molar-refractivity contribution < 1.29 is 19.4 Å². The third-order valence-corrected chi connectivity index (χ3v) is 5.28. The van der Waals surface area contributed by atoms with E-state index in [2.05, 4.69) is 5.32 Å². The number of halogens is 1. The Morgan fingerprint density at radius 1 is 1.17 bits per heavy atom. The molecular formula is C24H30ClNO4. The van der Waals surface area contributed by atoms with Gasteiger partial charge in [0, 0.05) is 17.1 Å². The van der Waals surface area contributed by atoms with Gasteiger partial charge in [-0.1, -0.05) is 35.9 Å². The monoisotopic (exact) mass is 431 g/mol. The fourth-order valence-electron chi connectivity index (χ4n) is 3.32. The minimum absolute atomic E-state index is 0.139. The van der Waals surface area contributed by atoms with Crippen LogP contribution in [0.3, 0.4) is 0 Å². The average molecular weight is 432 g/mol. The summed E-state index contributed by atoms with van der Waals surface area (Å²) >= 11 is 6.17. The number of nitrogens with one attached hydrogen (secondary N) is 1. The molecule has 0 aromatic heterocycles. The van der Waals surface area contributed by atoms with E-state index >= 15 is 0 Å². The number of carbonyl (C=O) groups is 2. The fourth-order valence-corrected chi connectivity index (χ4v) is 3.52. The van der Waals surface area contributed by atoms with E-state index in [1.54, 1.807) is 19.1 Å².